The fourth-order valence-corrected chi connectivity index (χ4v) is 3.13. The first-order valence-electron chi connectivity index (χ1n) is 10.2. The smallest absolute Gasteiger partial charge is 0.321 e. The van der Waals surface area contributed by atoms with Gasteiger partial charge in [-0.05, 0) is 19.4 Å². The summed E-state index contributed by atoms with van der Waals surface area (Å²) in [4.78, 5) is 21.5. The third kappa shape index (κ3) is 13.0. The number of carbonyl (C=O) groups is 2. The molecule has 0 heterocycles. The summed E-state index contributed by atoms with van der Waals surface area (Å²) >= 11 is 0. The molecule has 0 unspecified atom stereocenters. The van der Waals surface area contributed by atoms with E-state index in [4.69, 9.17) is 24.4 Å². The second-order valence-corrected chi connectivity index (χ2v) is 7.02. The van der Waals surface area contributed by atoms with Gasteiger partial charge in [0.1, 0.15) is 6.04 Å². The predicted octanol–water partition coefficient (Wildman–Crippen LogP) is 3.39. The Kier molecular flexibility index (Phi) is 16.0. The summed E-state index contributed by atoms with van der Waals surface area (Å²) in [5.41, 5.74) is 0. The highest BCUT2D eigenvalue weighted by molar-refractivity contribution is 5.80. The Balaban J connectivity index is 3.49. The summed E-state index contributed by atoms with van der Waals surface area (Å²) in [6.45, 7) is 0.538. The van der Waals surface area contributed by atoms with Crippen LogP contribution >= 0.6 is 0 Å². The van der Waals surface area contributed by atoms with E-state index in [0.29, 0.717) is 6.54 Å². The molecule has 1 atom stereocenters. The lowest BCUT2D eigenvalue weighted by atomic mass is 10.1. The summed E-state index contributed by atoms with van der Waals surface area (Å²) in [5.74, 6) is -3.12. The van der Waals surface area contributed by atoms with Crippen molar-refractivity contribution in [1.29, 1.82) is 0 Å². The summed E-state index contributed by atoms with van der Waals surface area (Å²) in [5, 5.41) is 20.4. The third-order valence-corrected chi connectivity index (χ3v) is 4.91. The standard InChI is InChI=1S/C20H39NO7/c1-26-20(27-2,28-3)14-12-10-8-6-4-5-7-9-11-13-15-21-17(19(24)25)16-18(22)23/h17,21H,4-16H2,1-3H3,(H,22,23)(H,24,25)/t17-/m0/s1. The van der Waals surface area contributed by atoms with Crippen molar-refractivity contribution in [2.75, 3.05) is 27.9 Å². The number of unbranched alkanes of at least 4 members (excludes halogenated alkanes) is 9. The molecule has 0 aliphatic rings. The lowest BCUT2D eigenvalue weighted by Gasteiger charge is -2.28. The minimum absolute atomic E-state index is 0.390. The molecule has 0 aromatic heterocycles. The molecular weight excluding hydrogens is 366 g/mol. The van der Waals surface area contributed by atoms with Gasteiger partial charge in [-0.25, -0.2) is 0 Å². The van der Waals surface area contributed by atoms with E-state index in [0.717, 1.165) is 38.5 Å². The van der Waals surface area contributed by atoms with Crippen molar-refractivity contribution in [2.45, 2.75) is 89.1 Å². The summed E-state index contributed by atoms with van der Waals surface area (Å²) < 4.78 is 15.8. The van der Waals surface area contributed by atoms with Crippen molar-refractivity contribution < 1.29 is 34.0 Å². The van der Waals surface area contributed by atoms with Crippen molar-refractivity contribution in [1.82, 2.24) is 5.32 Å². The Hall–Kier alpha value is -1.22. The highest BCUT2D eigenvalue weighted by atomic mass is 16.9. The van der Waals surface area contributed by atoms with Gasteiger partial charge in [0.25, 0.3) is 5.97 Å². The first kappa shape index (κ1) is 26.8. The number of methoxy groups -OCH3 is 3. The van der Waals surface area contributed by atoms with E-state index < -0.39 is 30.4 Å². The van der Waals surface area contributed by atoms with Crippen LogP contribution in [0.1, 0.15) is 77.0 Å². The Morgan fingerprint density at radius 3 is 1.61 bits per heavy atom. The fraction of sp³-hybridized carbons (Fsp3) is 0.900. The molecule has 0 fully saturated rings. The molecule has 0 saturated carbocycles. The number of aliphatic carboxylic acids is 2. The number of rotatable bonds is 20. The lowest BCUT2D eigenvalue weighted by Crippen LogP contribution is -2.39. The van der Waals surface area contributed by atoms with Crippen LogP contribution in [0.4, 0.5) is 0 Å². The predicted molar refractivity (Wildman–Crippen MR) is 106 cm³/mol. The summed E-state index contributed by atoms with van der Waals surface area (Å²) in [7, 11) is 4.76. The van der Waals surface area contributed by atoms with Gasteiger partial charge in [-0.2, -0.15) is 0 Å². The zero-order valence-electron chi connectivity index (χ0n) is 17.7. The second-order valence-electron chi connectivity index (χ2n) is 7.02. The molecule has 3 N–H and O–H groups in total. The van der Waals surface area contributed by atoms with Crippen LogP contribution in [0.3, 0.4) is 0 Å². The molecule has 0 aromatic carbocycles. The van der Waals surface area contributed by atoms with Crippen LogP contribution in [0.25, 0.3) is 0 Å². The van der Waals surface area contributed by atoms with Crippen molar-refractivity contribution in [2.24, 2.45) is 0 Å². The first-order chi connectivity index (χ1) is 13.4. The van der Waals surface area contributed by atoms with Gasteiger partial charge in [-0.3, -0.25) is 9.59 Å². The molecule has 0 radical (unpaired) electrons. The van der Waals surface area contributed by atoms with Gasteiger partial charge in [0.2, 0.25) is 0 Å². The monoisotopic (exact) mass is 405 g/mol. The molecule has 0 spiro atoms. The number of hydrogen-bond donors (Lipinski definition) is 3. The van der Waals surface area contributed by atoms with Gasteiger partial charge in [-0.15, -0.1) is 0 Å². The van der Waals surface area contributed by atoms with E-state index in [-0.39, 0.29) is 0 Å². The number of ether oxygens (including phenoxy) is 3. The van der Waals surface area contributed by atoms with E-state index in [1.807, 2.05) is 0 Å². The molecule has 0 aromatic rings. The fourth-order valence-electron chi connectivity index (χ4n) is 3.13. The van der Waals surface area contributed by atoms with Crippen LogP contribution in [0.15, 0.2) is 0 Å². The van der Waals surface area contributed by atoms with Crippen LogP contribution in [0, 0.1) is 0 Å². The van der Waals surface area contributed by atoms with Gasteiger partial charge in [0, 0.05) is 27.8 Å². The Labute approximate surface area is 168 Å². The summed E-state index contributed by atoms with van der Waals surface area (Å²) in [6.07, 6.45) is 11.5. The van der Waals surface area contributed by atoms with Crippen molar-refractivity contribution in [3.8, 4) is 0 Å². The van der Waals surface area contributed by atoms with Crippen molar-refractivity contribution in [3.63, 3.8) is 0 Å². The maximum atomic E-state index is 10.9. The zero-order chi connectivity index (χ0) is 21.3. The number of nitrogens with one attached hydrogen (secondary N) is 1. The molecule has 0 amide bonds. The van der Waals surface area contributed by atoms with Crippen LogP contribution in [-0.4, -0.2) is 62.0 Å². The minimum Gasteiger partial charge on any atom is -0.481 e. The molecule has 0 rings (SSSR count). The minimum atomic E-state index is -1.11. The summed E-state index contributed by atoms with van der Waals surface area (Å²) in [6, 6.07) is -1.00. The second kappa shape index (κ2) is 16.7. The highest BCUT2D eigenvalue weighted by Crippen LogP contribution is 2.21. The molecule has 0 aliphatic heterocycles. The molecule has 8 heteroatoms. The van der Waals surface area contributed by atoms with E-state index >= 15 is 0 Å². The number of carboxylic acids is 2. The molecule has 0 aliphatic carbocycles. The van der Waals surface area contributed by atoms with E-state index in [1.165, 1.54) is 32.1 Å². The quantitative estimate of drug-likeness (QED) is 0.209. The lowest BCUT2D eigenvalue weighted by molar-refractivity contribution is -0.355. The zero-order valence-corrected chi connectivity index (χ0v) is 17.7. The van der Waals surface area contributed by atoms with Crippen molar-refractivity contribution in [3.05, 3.63) is 0 Å². The van der Waals surface area contributed by atoms with E-state index in [2.05, 4.69) is 5.32 Å². The molecule has 166 valence electrons. The Bertz CT molecular complexity index is 405. The van der Waals surface area contributed by atoms with Gasteiger partial charge in [-0.1, -0.05) is 51.4 Å². The van der Waals surface area contributed by atoms with E-state index in [9.17, 15) is 9.59 Å². The largest absolute Gasteiger partial charge is 0.481 e. The molecule has 0 saturated heterocycles. The maximum Gasteiger partial charge on any atom is 0.321 e. The van der Waals surface area contributed by atoms with E-state index in [1.54, 1.807) is 21.3 Å². The average molecular weight is 406 g/mol. The van der Waals surface area contributed by atoms with Gasteiger partial charge in [0.05, 0.1) is 6.42 Å². The normalized spacial score (nSPS) is 12.8. The van der Waals surface area contributed by atoms with Gasteiger partial charge >= 0.3 is 11.9 Å². The van der Waals surface area contributed by atoms with Gasteiger partial charge in [0.15, 0.2) is 0 Å². The van der Waals surface area contributed by atoms with Crippen LogP contribution < -0.4 is 5.32 Å². The highest BCUT2D eigenvalue weighted by Gasteiger charge is 2.28. The van der Waals surface area contributed by atoms with Crippen LogP contribution in [0.2, 0.25) is 0 Å². The maximum absolute atomic E-state index is 10.9. The molecule has 0 bridgehead atoms. The molecular formula is C20H39NO7. The Morgan fingerprint density at radius 1 is 0.786 bits per heavy atom. The third-order valence-electron chi connectivity index (χ3n) is 4.91. The van der Waals surface area contributed by atoms with Crippen LogP contribution in [0.5, 0.6) is 0 Å². The number of hydrogen-bond acceptors (Lipinski definition) is 6. The average Bonchev–Trinajstić information content (AvgIpc) is 2.67. The molecule has 8 nitrogen and oxygen atoms in total. The molecule has 28 heavy (non-hydrogen) atoms. The Morgan fingerprint density at radius 2 is 1.21 bits per heavy atom. The SMILES string of the molecule is COC(CCCCCCCCCCCCN[C@@H](CC(=O)O)C(=O)O)(OC)OC. The number of carboxylic acid groups (broad SMARTS) is 2. The first-order valence-corrected chi connectivity index (χ1v) is 10.2. The topological polar surface area (TPSA) is 114 Å². The van der Waals surface area contributed by atoms with Gasteiger partial charge < -0.3 is 29.7 Å². The van der Waals surface area contributed by atoms with Crippen molar-refractivity contribution >= 4 is 11.9 Å². The van der Waals surface area contributed by atoms with Crippen LogP contribution in [-0.2, 0) is 23.8 Å².